The number of nitrogens with two attached hydrogens (primary N) is 1. The number of aromatic nitrogens is 4. The second-order valence-corrected chi connectivity index (χ2v) is 5.75. The Labute approximate surface area is 111 Å². The Balaban J connectivity index is 2.42. The normalized spacial score (nSPS) is 12.9. The van der Waals surface area contributed by atoms with Gasteiger partial charge in [-0.15, -0.1) is 5.10 Å². The lowest BCUT2D eigenvalue weighted by molar-refractivity contribution is -0.117. The molecule has 8 heteroatoms. The molecule has 102 valence electrons. The summed E-state index contributed by atoms with van der Waals surface area (Å²) >= 11 is 1.27. The fraction of sp³-hybridized carbons (Fsp3) is 0.800. The number of amides is 1. The van der Waals surface area contributed by atoms with Gasteiger partial charge in [0.25, 0.3) is 0 Å². The van der Waals surface area contributed by atoms with Gasteiger partial charge in [0.1, 0.15) is 0 Å². The molecule has 0 spiro atoms. The van der Waals surface area contributed by atoms with Gasteiger partial charge >= 0.3 is 0 Å². The first-order chi connectivity index (χ1) is 8.50. The number of nitrogens with zero attached hydrogens (tertiary/aromatic N) is 4. The largest absolute Gasteiger partial charge is 0.369 e. The van der Waals surface area contributed by atoms with E-state index in [9.17, 15) is 4.79 Å². The van der Waals surface area contributed by atoms with Gasteiger partial charge in [-0.25, -0.2) is 4.68 Å². The molecule has 1 heterocycles. The monoisotopic (exact) mass is 272 g/mol. The van der Waals surface area contributed by atoms with E-state index in [-0.39, 0.29) is 11.2 Å². The predicted molar refractivity (Wildman–Crippen MR) is 70.0 cm³/mol. The van der Waals surface area contributed by atoms with Gasteiger partial charge in [0.15, 0.2) is 0 Å². The molecule has 0 fully saturated rings. The lowest BCUT2D eigenvalue weighted by Gasteiger charge is -2.09. The Morgan fingerprint density at radius 2 is 2.22 bits per heavy atom. The molecule has 0 bridgehead atoms. The maximum atomic E-state index is 11.0. The van der Waals surface area contributed by atoms with Crippen LogP contribution in [0.15, 0.2) is 5.16 Å². The van der Waals surface area contributed by atoms with Crippen LogP contribution in [0.5, 0.6) is 0 Å². The van der Waals surface area contributed by atoms with Crippen molar-refractivity contribution in [3.63, 3.8) is 0 Å². The Morgan fingerprint density at radius 3 is 2.83 bits per heavy atom. The Kier molecular flexibility index (Phi) is 6.06. The van der Waals surface area contributed by atoms with E-state index in [4.69, 9.17) is 5.73 Å². The number of carbonyl (C=O) groups is 1. The summed E-state index contributed by atoms with van der Waals surface area (Å²) in [6.07, 6.45) is 0. The minimum absolute atomic E-state index is 0.335. The third-order valence-corrected chi connectivity index (χ3v) is 3.32. The van der Waals surface area contributed by atoms with Crippen LogP contribution in [0.3, 0.4) is 0 Å². The molecule has 0 aliphatic heterocycles. The van der Waals surface area contributed by atoms with Crippen LogP contribution in [0.25, 0.3) is 0 Å². The molecule has 0 saturated heterocycles. The number of rotatable bonds is 8. The number of hydrogen-bond acceptors (Lipinski definition) is 6. The van der Waals surface area contributed by atoms with Gasteiger partial charge in [-0.3, -0.25) is 4.79 Å². The summed E-state index contributed by atoms with van der Waals surface area (Å²) in [6, 6.07) is 0. The summed E-state index contributed by atoms with van der Waals surface area (Å²) in [5.41, 5.74) is 5.21. The second kappa shape index (κ2) is 7.32. The average molecular weight is 272 g/mol. The van der Waals surface area contributed by atoms with Crippen molar-refractivity contribution in [1.82, 2.24) is 25.5 Å². The third-order valence-electron chi connectivity index (χ3n) is 2.23. The molecule has 1 unspecified atom stereocenters. The van der Waals surface area contributed by atoms with Crippen molar-refractivity contribution in [1.29, 1.82) is 0 Å². The minimum Gasteiger partial charge on any atom is -0.369 e. The molecule has 1 atom stereocenters. The third kappa shape index (κ3) is 5.01. The van der Waals surface area contributed by atoms with Crippen molar-refractivity contribution in [2.45, 2.75) is 37.7 Å². The number of carbonyl (C=O) groups excluding carboxylic acids is 1. The van der Waals surface area contributed by atoms with Gasteiger partial charge in [-0.2, -0.15) is 0 Å². The number of primary amides is 1. The van der Waals surface area contributed by atoms with Crippen molar-refractivity contribution in [2.24, 2.45) is 11.7 Å². The molecule has 3 N–H and O–H groups in total. The van der Waals surface area contributed by atoms with Crippen LogP contribution in [0.2, 0.25) is 0 Å². The summed E-state index contributed by atoms with van der Waals surface area (Å²) in [5, 5.41) is 15.0. The Morgan fingerprint density at radius 1 is 1.50 bits per heavy atom. The van der Waals surface area contributed by atoms with Crippen molar-refractivity contribution in [3.05, 3.63) is 0 Å². The summed E-state index contributed by atoms with van der Waals surface area (Å²) in [4.78, 5) is 11.0. The summed E-state index contributed by atoms with van der Waals surface area (Å²) in [7, 11) is 0. The minimum atomic E-state index is -0.368. The maximum absolute atomic E-state index is 11.0. The van der Waals surface area contributed by atoms with E-state index < -0.39 is 0 Å². The topological polar surface area (TPSA) is 98.7 Å². The van der Waals surface area contributed by atoms with Crippen LogP contribution in [0.4, 0.5) is 0 Å². The van der Waals surface area contributed by atoms with E-state index in [0.29, 0.717) is 17.6 Å². The number of thioether (sulfide) groups is 1. The number of hydrogen-bond donors (Lipinski definition) is 2. The van der Waals surface area contributed by atoms with E-state index >= 15 is 0 Å². The number of nitrogens with one attached hydrogen (secondary N) is 1. The SMILES string of the molecule is CC(C)CNCCn1nnnc1SC(C)C(N)=O. The lowest BCUT2D eigenvalue weighted by Crippen LogP contribution is -2.26. The Bertz CT molecular complexity index is 380. The molecule has 1 amide bonds. The van der Waals surface area contributed by atoms with Gasteiger partial charge in [-0.05, 0) is 29.8 Å². The van der Waals surface area contributed by atoms with Crippen molar-refractivity contribution >= 4 is 17.7 Å². The van der Waals surface area contributed by atoms with Gasteiger partial charge in [0.05, 0.1) is 11.8 Å². The standard InChI is InChI=1S/C10H20N6OS/c1-7(2)6-12-4-5-16-10(13-14-15-16)18-8(3)9(11)17/h7-8,12H,4-6H2,1-3H3,(H2,11,17). The van der Waals surface area contributed by atoms with Crippen molar-refractivity contribution in [2.75, 3.05) is 13.1 Å². The average Bonchev–Trinajstić information content (AvgIpc) is 2.71. The molecule has 1 aromatic rings. The zero-order valence-electron chi connectivity index (χ0n) is 11.0. The van der Waals surface area contributed by atoms with Crippen LogP contribution in [-0.4, -0.2) is 44.5 Å². The first kappa shape index (κ1) is 14.9. The predicted octanol–water partition coefficient (Wildman–Crippen LogP) is -0.115. The maximum Gasteiger partial charge on any atom is 0.230 e. The van der Waals surface area contributed by atoms with Gasteiger partial charge in [0, 0.05) is 6.54 Å². The molecular weight excluding hydrogens is 252 g/mol. The van der Waals surface area contributed by atoms with Crippen LogP contribution < -0.4 is 11.1 Å². The van der Waals surface area contributed by atoms with Crippen LogP contribution in [0.1, 0.15) is 20.8 Å². The van der Waals surface area contributed by atoms with Gasteiger partial charge < -0.3 is 11.1 Å². The first-order valence-corrected chi connectivity index (χ1v) is 6.81. The van der Waals surface area contributed by atoms with Crippen molar-refractivity contribution in [3.8, 4) is 0 Å². The highest BCUT2D eigenvalue weighted by molar-refractivity contribution is 8.00. The highest BCUT2D eigenvalue weighted by Crippen LogP contribution is 2.19. The fourth-order valence-electron chi connectivity index (χ4n) is 1.21. The number of tetrazole rings is 1. The zero-order valence-corrected chi connectivity index (χ0v) is 11.8. The van der Waals surface area contributed by atoms with E-state index in [1.807, 2.05) is 0 Å². The molecule has 0 aliphatic rings. The quantitative estimate of drug-likeness (QED) is 0.506. The van der Waals surface area contributed by atoms with E-state index in [1.165, 1.54) is 11.8 Å². The molecule has 0 aromatic carbocycles. The Hall–Kier alpha value is -1.15. The highest BCUT2D eigenvalue weighted by atomic mass is 32.2. The van der Waals surface area contributed by atoms with E-state index in [1.54, 1.807) is 11.6 Å². The molecule has 0 radical (unpaired) electrons. The second-order valence-electron chi connectivity index (χ2n) is 4.45. The summed E-state index contributed by atoms with van der Waals surface area (Å²) in [5.74, 6) is 0.245. The first-order valence-electron chi connectivity index (χ1n) is 5.93. The van der Waals surface area contributed by atoms with Crippen molar-refractivity contribution < 1.29 is 4.79 Å². The molecule has 0 saturated carbocycles. The van der Waals surface area contributed by atoms with E-state index in [2.05, 4.69) is 34.7 Å². The molecule has 1 aromatic heterocycles. The van der Waals surface area contributed by atoms with E-state index in [0.717, 1.165) is 13.1 Å². The fourth-order valence-corrected chi connectivity index (χ4v) is 1.98. The summed E-state index contributed by atoms with van der Waals surface area (Å²) < 4.78 is 1.68. The molecule has 1 rings (SSSR count). The van der Waals surface area contributed by atoms with Crippen LogP contribution in [0, 0.1) is 5.92 Å². The zero-order chi connectivity index (χ0) is 13.5. The smallest absolute Gasteiger partial charge is 0.230 e. The van der Waals surface area contributed by atoms with Gasteiger partial charge in [-0.1, -0.05) is 25.6 Å². The molecule has 18 heavy (non-hydrogen) atoms. The molecule has 7 nitrogen and oxygen atoms in total. The lowest BCUT2D eigenvalue weighted by atomic mass is 10.2. The van der Waals surface area contributed by atoms with Gasteiger partial charge in [0.2, 0.25) is 11.1 Å². The highest BCUT2D eigenvalue weighted by Gasteiger charge is 2.15. The van der Waals surface area contributed by atoms with Crippen LogP contribution >= 0.6 is 11.8 Å². The van der Waals surface area contributed by atoms with Crippen LogP contribution in [-0.2, 0) is 11.3 Å². The molecule has 0 aliphatic carbocycles. The summed E-state index contributed by atoms with van der Waals surface area (Å²) in [6.45, 7) is 8.47. The molecular formula is C10H20N6OS.